The zero-order valence-electron chi connectivity index (χ0n) is 13.3. The van der Waals surface area contributed by atoms with E-state index in [9.17, 15) is 14.9 Å². The van der Waals surface area contributed by atoms with Gasteiger partial charge < -0.3 is 24.9 Å². The van der Waals surface area contributed by atoms with Gasteiger partial charge in [0.2, 0.25) is 0 Å². The van der Waals surface area contributed by atoms with Gasteiger partial charge in [0.05, 0.1) is 24.1 Å². The molecule has 8 nitrogen and oxygen atoms in total. The van der Waals surface area contributed by atoms with Crippen molar-refractivity contribution in [2.24, 2.45) is 0 Å². The summed E-state index contributed by atoms with van der Waals surface area (Å²) in [5, 5.41) is 13.7. The van der Waals surface area contributed by atoms with Gasteiger partial charge in [-0.1, -0.05) is 0 Å². The maximum Gasteiger partial charge on any atom is 0.386 e. The molecule has 0 saturated heterocycles. The fourth-order valence-corrected chi connectivity index (χ4v) is 1.95. The fourth-order valence-electron chi connectivity index (χ4n) is 1.62. The van der Waals surface area contributed by atoms with Crippen LogP contribution in [0.5, 0.6) is 0 Å². The van der Waals surface area contributed by atoms with Crippen molar-refractivity contribution in [3.05, 3.63) is 26.9 Å². The summed E-state index contributed by atoms with van der Waals surface area (Å²) in [6, 6.07) is 1.58. The number of rotatable bonds is 8. The molecule has 0 amide bonds. The van der Waals surface area contributed by atoms with E-state index in [1.165, 1.54) is 6.20 Å². The number of esters is 1. The number of aromatic nitrogens is 1. The first kappa shape index (κ1) is 19.3. The average Bonchev–Trinajstić information content (AvgIpc) is 2.40. The van der Waals surface area contributed by atoms with Gasteiger partial charge in [0.25, 0.3) is 0 Å². The lowest BCUT2D eigenvalue weighted by molar-refractivity contribution is -0.388. The largest absolute Gasteiger partial charge is 0.460 e. The summed E-state index contributed by atoms with van der Waals surface area (Å²) in [4.78, 5) is 25.5. The Morgan fingerprint density at radius 2 is 2.13 bits per heavy atom. The summed E-state index contributed by atoms with van der Waals surface area (Å²) < 4.78 is 11.1. The Morgan fingerprint density at radius 1 is 1.43 bits per heavy atom. The van der Waals surface area contributed by atoms with Crippen LogP contribution in [-0.2, 0) is 14.3 Å². The van der Waals surface area contributed by atoms with Gasteiger partial charge in [-0.25, -0.2) is 0 Å². The van der Waals surface area contributed by atoms with Gasteiger partial charge in [0.15, 0.2) is 6.20 Å². The molecule has 0 saturated carbocycles. The Bertz CT molecular complexity index is 560. The van der Waals surface area contributed by atoms with Crippen molar-refractivity contribution in [1.82, 2.24) is 4.98 Å². The zero-order valence-corrected chi connectivity index (χ0v) is 14.9. The third-order valence-corrected chi connectivity index (χ3v) is 2.87. The third kappa shape index (κ3) is 7.89. The molecular formula is C14H20BrN3O5. The maximum atomic E-state index is 11.5. The van der Waals surface area contributed by atoms with Gasteiger partial charge in [-0.05, 0) is 52.7 Å². The minimum absolute atomic E-state index is 0.163. The number of carbonyl (C=O) groups excluding carboxylic acids is 1. The number of nitrogens with zero attached hydrogens (tertiary/aromatic N) is 2. The Kier molecular flexibility index (Phi) is 7.37. The first-order valence-electron chi connectivity index (χ1n) is 7.02. The predicted octanol–water partition coefficient (Wildman–Crippen LogP) is 2.91. The molecule has 1 rings (SSSR count). The van der Waals surface area contributed by atoms with Crippen LogP contribution in [0, 0.1) is 10.1 Å². The number of nitrogens with one attached hydrogen (secondary N) is 1. The maximum absolute atomic E-state index is 11.5. The van der Waals surface area contributed by atoms with Gasteiger partial charge in [-0.3, -0.25) is 4.79 Å². The highest BCUT2D eigenvalue weighted by Crippen LogP contribution is 2.24. The Hall–Kier alpha value is -1.74. The summed E-state index contributed by atoms with van der Waals surface area (Å²) in [5.41, 5.74) is -0.203. The summed E-state index contributed by atoms with van der Waals surface area (Å²) in [6.07, 6.45) is 1.52. The van der Waals surface area contributed by atoms with Crippen LogP contribution in [0.25, 0.3) is 0 Å². The summed E-state index contributed by atoms with van der Waals surface area (Å²) >= 11 is 3.21. The summed E-state index contributed by atoms with van der Waals surface area (Å²) in [7, 11) is 0. The van der Waals surface area contributed by atoms with Crippen LogP contribution in [0.1, 0.15) is 27.2 Å². The van der Waals surface area contributed by atoms with E-state index in [4.69, 9.17) is 9.47 Å². The smallest absolute Gasteiger partial charge is 0.386 e. The second-order valence-electron chi connectivity index (χ2n) is 5.66. The molecular weight excluding hydrogens is 370 g/mol. The quantitative estimate of drug-likeness (QED) is 0.315. The third-order valence-electron chi connectivity index (χ3n) is 2.44. The van der Waals surface area contributed by atoms with Crippen molar-refractivity contribution in [3.8, 4) is 0 Å². The molecule has 0 aromatic carbocycles. The first-order chi connectivity index (χ1) is 10.7. The van der Waals surface area contributed by atoms with Crippen molar-refractivity contribution in [1.29, 1.82) is 0 Å². The van der Waals surface area contributed by atoms with Gasteiger partial charge in [-0.15, -0.1) is 0 Å². The molecule has 0 unspecified atom stereocenters. The molecule has 0 spiro atoms. The molecule has 0 aliphatic carbocycles. The molecule has 0 aliphatic rings. The fraction of sp³-hybridized carbons (Fsp3) is 0.571. The monoisotopic (exact) mass is 389 g/mol. The highest BCUT2D eigenvalue weighted by atomic mass is 79.9. The number of anilines is 1. The lowest BCUT2D eigenvalue weighted by Gasteiger charge is -2.19. The Balaban J connectivity index is 2.29. The Morgan fingerprint density at radius 3 is 2.74 bits per heavy atom. The van der Waals surface area contributed by atoms with E-state index in [1.807, 2.05) is 0 Å². The van der Waals surface area contributed by atoms with Gasteiger partial charge >= 0.3 is 11.8 Å². The van der Waals surface area contributed by atoms with Gasteiger partial charge in [0, 0.05) is 6.54 Å². The number of carbonyl (C=O) groups is 1. The van der Waals surface area contributed by atoms with E-state index < -0.39 is 10.5 Å². The van der Waals surface area contributed by atoms with E-state index >= 15 is 0 Å². The van der Waals surface area contributed by atoms with Crippen LogP contribution in [-0.4, -0.2) is 41.2 Å². The van der Waals surface area contributed by atoms with Crippen LogP contribution in [0.3, 0.4) is 0 Å². The van der Waals surface area contributed by atoms with Crippen LogP contribution in [0.15, 0.2) is 16.7 Å². The number of hydrogen-bond acceptors (Lipinski definition) is 7. The van der Waals surface area contributed by atoms with Crippen LogP contribution in [0.2, 0.25) is 0 Å². The Labute approximate surface area is 142 Å². The topological polar surface area (TPSA) is 104 Å². The SMILES string of the molecule is CC(C)(C)OC(=O)CCOCCNc1cc(Br)cnc1[N+](=O)[O-]. The molecule has 1 heterocycles. The zero-order chi connectivity index (χ0) is 17.5. The van der Waals surface area contributed by atoms with Crippen molar-refractivity contribution in [2.45, 2.75) is 32.8 Å². The summed E-state index contributed by atoms with van der Waals surface area (Å²) in [5.74, 6) is -0.570. The van der Waals surface area contributed by atoms with E-state index in [-0.39, 0.29) is 24.8 Å². The van der Waals surface area contributed by atoms with E-state index in [0.29, 0.717) is 23.3 Å². The minimum Gasteiger partial charge on any atom is -0.460 e. The highest BCUT2D eigenvalue weighted by molar-refractivity contribution is 9.10. The number of pyridine rings is 1. The van der Waals surface area contributed by atoms with Gasteiger partial charge in [-0.2, -0.15) is 0 Å². The molecule has 0 fully saturated rings. The van der Waals surface area contributed by atoms with Crippen LogP contribution in [0.4, 0.5) is 11.5 Å². The molecule has 1 aromatic heterocycles. The van der Waals surface area contributed by atoms with Crippen molar-refractivity contribution in [2.75, 3.05) is 25.1 Å². The lowest BCUT2D eigenvalue weighted by atomic mass is 10.2. The van der Waals surface area contributed by atoms with Crippen LogP contribution >= 0.6 is 15.9 Å². The van der Waals surface area contributed by atoms with E-state index in [1.54, 1.807) is 26.8 Å². The molecule has 0 bridgehead atoms. The molecule has 0 radical (unpaired) electrons. The van der Waals surface area contributed by atoms with E-state index in [2.05, 4.69) is 26.2 Å². The van der Waals surface area contributed by atoms with Crippen molar-refractivity contribution in [3.63, 3.8) is 0 Å². The first-order valence-corrected chi connectivity index (χ1v) is 7.82. The molecule has 0 atom stereocenters. The molecule has 23 heavy (non-hydrogen) atoms. The molecule has 1 N–H and O–H groups in total. The second kappa shape index (κ2) is 8.78. The number of hydrogen-bond donors (Lipinski definition) is 1. The molecule has 128 valence electrons. The van der Waals surface area contributed by atoms with Gasteiger partial charge in [0.1, 0.15) is 11.3 Å². The predicted molar refractivity (Wildman–Crippen MR) is 88.4 cm³/mol. The normalized spacial score (nSPS) is 11.1. The molecule has 9 heteroatoms. The van der Waals surface area contributed by atoms with Crippen molar-refractivity contribution < 1.29 is 19.2 Å². The number of ether oxygens (including phenoxy) is 2. The summed E-state index contributed by atoms with van der Waals surface area (Å²) in [6.45, 7) is 6.28. The number of nitro groups is 1. The van der Waals surface area contributed by atoms with Crippen LogP contribution < -0.4 is 5.32 Å². The second-order valence-corrected chi connectivity index (χ2v) is 6.57. The highest BCUT2D eigenvalue weighted by Gasteiger charge is 2.16. The standard InChI is InChI=1S/C14H20BrN3O5/c1-14(2,3)23-12(19)4-6-22-7-5-16-11-8-10(15)9-17-13(11)18(20)21/h8-9,16H,4-7H2,1-3H3. The lowest BCUT2D eigenvalue weighted by Crippen LogP contribution is -2.24. The average molecular weight is 390 g/mol. The van der Waals surface area contributed by atoms with Crippen molar-refractivity contribution >= 4 is 33.4 Å². The molecule has 1 aromatic rings. The number of halogens is 1. The minimum atomic E-state index is -0.557. The molecule has 0 aliphatic heterocycles. The van der Waals surface area contributed by atoms with E-state index in [0.717, 1.165) is 0 Å².